The Hall–Kier alpha value is -2.86. The Labute approximate surface area is 169 Å². The molecule has 0 spiro atoms. The summed E-state index contributed by atoms with van der Waals surface area (Å²) in [5.41, 5.74) is 5.81. The summed E-state index contributed by atoms with van der Waals surface area (Å²) < 4.78 is 13.7. The molecule has 1 N–H and O–H groups in total. The molecule has 2 aromatic carbocycles. The number of ether oxygens (including phenoxy) is 2. The number of hydrogen-bond donors (Lipinski definition) is 1. The fraction of sp³-hybridized carbons (Fsp3) is 0.391. The molecular weight excluding hydrogens is 366 g/mol. The molecule has 3 heterocycles. The highest BCUT2D eigenvalue weighted by molar-refractivity contribution is 6.01. The van der Waals surface area contributed by atoms with Gasteiger partial charge in [-0.25, -0.2) is 4.98 Å². The van der Waals surface area contributed by atoms with Crippen molar-refractivity contribution in [1.29, 1.82) is 0 Å². The van der Waals surface area contributed by atoms with E-state index in [2.05, 4.69) is 24.4 Å². The van der Waals surface area contributed by atoms with Crippen LogP contribution in [0.3, 0.4) is 0 Å². The first-order valence-electron chi connectivity index (χ1n) is 10.1. The lowest BCUT2D eigenvalue weighted by Gasteiger charge is -2.30. The van der Waals surface area contributed by atoms with E-state index in [9.17, 15) is 4.79 Å². The van der Waals surface area contributed by atoms with Gasteiger partial charge in [0.25, 0.3) is 5.91 Å². The van der Waals surface area contributed by atoms with E-state index in [4.69, 9.17) is 14.5 Å². The number of fused-ring (bicyclic) bond motifs is 3. The normalized spacial score (nSPS) is 18.8. The SMILES string of the molecule is Cc1ccccc1[C@@H]1CCc2c(C(=O)NC3COC3)cc3c(nc(C)n3C)c2O1. The molecule has 6 heteroatoms. The molecular formula is C23H25N3O3. The van der Waals surface area contributed by atoms with E-state index in [0.717, 1.165) is 41.0 Å². The maximum atomic E-state index is 13.0. The van der Waals surface area contributed by atoms with Crippen LogP contribution in [-0.2, 0) is 18.2 Å². The summed E-state index contributed by atoms with van der Waals surface area (Å²) >= 11 is 0. The highest BCUT2D eigenvalue weighted by atomic mass is 16.5. The number of amides is 1. The van der Waals surface area contributed by atoms with Crippen LogP contribution in [0.15, 0.2) is 30.3 Å². The van der Waals surface area contributed by atoms with Gasteiger partial charge in [0.05, 0.1) is 24.8 Å². The maximum absolute atomic E-state index is 13.0. The van der Waals surface area contributed by atoms with Crippen molar-refractivity contribution in [3.05, 3.63) is 58.4 Å². The number of nitrogens with zero attached hydrogens (tertiary/aromatic N) is 2. The lowest BCUT2D eigenvalue weighted by molar-refractivity contribution is -0.00349. The molecule has 1 aromatic heterocycles. The van der Waals surface area contributed by atoms with Gasteiger partial charge in [0, 0.05) is 18.2 Å². The second-order valence-corrected chi connectivity index (χ2v) is 8.03. The molecule has 1 atom stereocenters. The molecule has 5 rings (SSSR count). The predicted molar refractivity (Wildman–Crippen MR) is 110 cm³/mol. The second-order valence-electron chi connectivity index (χ2n) is 8.03. The predicted octanol–water partition coefficient (Wildman–Crippen LogP) is 3.39. The average molecular weight is 391 g/mol. The number of imidazole rings is 1. The molecule has 1 amide bonds. The Balaban J connectivity index is 1.61. The van der Waals surface area contributed by atoms with Gasteiger partial charge in [-0.1, -0.05) is 24.3 Å². The monoisotopic (exact) mass is 391 g/mol. The van der Waals surface area contributed by atoms with Gasteiger partial charge in [0.2, 0.25) is 0 Å². The van der Waals surface area contributed by atoms with Crippen molar-refractivity contribution >= 4 is 16.9 Å². The van der Waals surface area contributed by atoms with E-state index in [1.165, 1.54) is 11.1 Å². The smallest absolute Gasteiger partial charge is 0.252 e. The number of carbonyl (C=O) groups is 1. The largest absolute Gasteiger partial charge is 0.483 e. The third kappa shape index (κ3) is 2.99. The summed E-state index contributed by atoms with van der Waals surface area (Å²) in [5.74, 6) is 1.59. The van der Waals surface area contributed by atoms with Gasteiger partial charge in [0.1, 0.15) is 17.4 Å². The van der Waals surface area contributed by atoms with Gasteiger partial charge < -0.3 is 19.4 Å². The Bertz CT molecular complexity index is 1110. The van der Waals surface area contributed by atoms with Crippen LogP contribution in [0.4, 0.5) is 0 Å². The summed E-state index contributed by atoms with van der Waals surface area (Å²) in [6.45, 7) is 5.23. The maximum Gasteiger partial charge on any atom is 0.252 e. The van der Waals surface area contributed by atoms with Crippen molar-refractivity contribution in [2.24, 2.45) is 7.05 Å². The van der Waals surface area contributed by atoms with Crippen LogP contribution in [0.5, 0.6) is 5.75 Å². The van der Waals surface area contributed by atoms with Crippen LogP contribution in [-0.4, -0.2) is 34.7 Å². The Morgan fingerprint density at radius 1 is 1.24 bits per heavy atom. The van der Waals surface area contributed by atoms with E-state index in [1.807, 2.05) is 36.7 Å². The van der Waals surface area contributed by atoms with Crippen molar-refractivity contribution in [2.75, 3.05) is 13.2 Å². The van der Waals surface area contributed by atoms with Crippen molar-refractivity contribution in [2.45, 2.75) is 38.8 Å². The molecule has 2 aliphatic rings. The Morgan fingerprint density at radius 3 is 2.76 bits per heavy atom. The lowest BCUT2D eigenvalue weighted by Crippen LogP contribution is -2.48. The minimum Gasteiger partial charge on any atom is -0.483 e. The number of hydrogen-bond acceptors (Lipinski definition) is 4. The first kappa shape index (κ1) is 18.2. The van der Waals surface area contributed by atoms with Crippen LogP contribution in [0, 0.1) is 13.8 Å². The van der Waals surface area contributed by atoms with Crippen molar-refractivity contribution in [1.82, 2.24) is 14.9 Å². The van der Waals surface area contributed by atoms with E-state index in [-0.39, 0.29) is 18.1 Å². The van der Waals surface area contributed by atoms with E-state index >= 15 is 0 Å². The molecule has 1 fully saturated rings. The minimum absolute atomic E-state index is 0.0347. The van der Waals surface area contributed by atoms with Gasteiger partial charge in [0.15, 0.2) is 5.75 Å². The molecule has 0 bridgehead atoms. The fourth-order valence-electron chi connectivity index (χ4n) is 4.25. The van der Waals surface area contributed by atoms with Gasteiger partial charge in [-0.3, -0.25) is 4.79 Å². The van der Waals surface area contributed by atoms with Gasteiger partial charge in [-0.2, -0.15) is 0 Å². The number of carbonyl (C=O) groups excluding carboxylic acids is 1. The summed E-state index contributed by atoms with van der Waals surface area (Å²) in [4.78, 5) is 17.8. The van der Waals surface area contributed by atoms with Crippen LogP contribution in [0.25, 0.3) is 11.0 Å². The van der Waals surface area contributed by atoms with E-state index in [1.54, 1.807) is 0 Å². The number of rotatable bonds is 3. The van der Waals surface area contributed by atoms with Gasteiger partial charge in [-0.15, -0.1) is 0 Å². The highest BCUT2D eigenvalue weighted by Gasteiger charge is 2.31. The van der Waals surface area contributed by atoms with Gasteiger partial charge >= 0.3 is 0 Å². The topological polar surface area (TPSA) is 65.4 Å². The molecule has 3 aromatic rings. The molecule has 2 aliphatic heterocycles. The van der Waals surface area contributed by atoms with Crippen LogP contribution < -0.4 is 10.1 Å². The van der Waals surface area contributed by atoms with Crippen LogP contribution in [0.1, 0.15) is 45.4 Å². The number of nitrogens with one attached hydrogen (secondary N) is 1. The average Bonchev–Trinajstić information content (AvgIpc) is 2.98. The quantitative estimate of drug-likeness (QED) is 0.743. The summed E-state index contributed by atoms with van der Waals surface area (Å²) in [6.07, 6.45) is 1.58. The number of aryl methyl sites for hydroxylation is 3. The fourth-order valence-corrected chi connectivity index (χ4v) is 4.25. The minimum atomic E-state index is -0.0618. The Kier molecular flexibility index (Phi) is 4.32. The molecule has 0 radical (unpaired) electrons. The highest BCUT2D eigenvalue weighted by Crippen LogP contribution is 2.42. The van der Waals surface area contributed by atoms with Crippen molar-refractivity contribution in [3.8, 4) is 5.75 Å². The molecule has 0 saturated carbocycles. The first-order chi connectivity index (χ1) is 14.0. The number of aromatic nitrogens is 2. The Morgan fingerprint density at radius 2 is 2.03 bits per heavy atom. The third-order valence-electron chi connectivity index (χ3n) is 6.13. The molecule has 0 aliphatic carbocycles. The second kappa shape index (κ2) is 6.88. The van der Waals surface area contributed by atoms with Crippen molar-refractivity contribution < 1.29 is 14.3 Å². The standard InChI is InChI=1S/C23H25N3O3/c1-13-6-4-5-7-16(13)20-9-8-17-18(23(27)25-15-11-28-12-15)10-19-21(22(17)29-20)24-14(2)26(19)3/h4-7,10,15,20H,8-9,11-12H2,1-3H3,(H,25,27)/t20-/m0/s1. The zero-order chi connectivity index (χ0) is 20.1. The summed E-state index contributed by atoms with van der Waals surface area (Å²) in [5, 5.41) is 3.08. The lowest BCUT2D eigenvalue weighted by atomic mass is 9.91. The number of benzene rings is 2. The van der Waals surface area contributed by atoms with Crippen LogP contribution in [0.2, 0.25) is 0 Å². The summed E-state index contributed by atoms with van der Waals surface area (Å²) in [6, 6.07) is 10.4. The van der Waals surface area contributed by atoms with E-state index in [0.29, 0.717) is 18.8 Å². The first-order valence-corrected chi connectivity index (χ1v) is 10.1. The molecule has 6 nitrogen and oxygen atoms in total. The summed E-state index contributed by atoms with van der Waals surface area (Å²) in [7, 11) is 1.97. The third-order valence-corrected chi connectivity index (χ3v) is 6.13. The van der Waals surface area contributed by atoms with Crippen molar-refractivity contribution in [3.63, 3.8) is 0 Å². The molecule has 0 unspecified atom stereocenters. The molecule has 1 saturated heterocycles. The molecule has 29 heavy (non-hydrogen) atoms. The van der Waals surface area contributed by atoms with E-state index < -0.39 is 0 Å². The van der Waals surface area contributed by atoms with Crippen LogP contribution >= 0.6 is 0 Å². The molecule has 150 valence electrons. The zero-order valence-corrected chi connectivity index (χ0v) is 17.0. The van der Waals surface area contributed by atoms with Gasteiger partial charge in [-0.05, 0) is 43.9 Å². The zero-order valence-electron chi connectivity index (χ0n) is 17.0.